The van der Waals surface area contributed by atoms with Crippen molar-refractivity contribution in [3.63, 3.8) is 0 Å². The molecule has 226 valence electrons. The zero-order valence-electron chi connectivity index (χ0n) is 24.0. The Morgan fingerprint density at radius 3 is 2.14 bits per heavy atom. The third-order valence-corrected chi connectivity index (χ3v) is 8.39. The van der Waals surface area contributed by atoms with E-state index in [1.165, 1.54) is 31.3 Å². The van der Waals surface area contributed by atoms with Gasteiger partial charge in [0, 0.05) is 41.2 Å². The fourth-order valence-electron chi connectivity index (χ4n) is 4.37. The first kappa shape index (κ1) is 33.0. The molecule has 0 aliphatic carbocycles. The number of ether oxygens (including phenoxy) is 2. The summed E-state index contributed by atoms with van der Waals surface area (Å²) in [6.07, 6.45) is 1.87. The molecule has 42 heavy (non-hydrogen) atoms. The number of hydrogen-bond acceptors (Lipinski definition) is 6. The molecule has 0 saturated heterocycles. The lowest BCUT2D eigenvalue weighted by Gasteiger charge is -2.34. The van der Waals surface area contributed by atoms with Gasteiger partial charge in [0.2, 0.25) is 21.8 Å². The van der Waals surface area contributed by atoms with Crippen LogP contribution in [0.4, 0.5) is 5.69 Å². The maximum absolute atomic E-state index is 14.2. The number of nitrogens with one attached hydrogen (secondary N) is 1. The summed E-state index contributed by atoms with van der Waals surface area (Å²) in [7, 11) is -1.07. The molecule has 0 heterocycles. The van der Waals surface area contributed by atoms with Crippen molar-refractivity contribution in [1.82, 2.24) is 10.2 Å². The lowest BCUT2D eigenvalue weighted by atomic mass is 10.0. The van der Waals surface area contributed by atoms with E-state index in [0.717, 1.165) is 16.1 Å². The summed E-state index contributed by atoms with van der Waals surface area (Å²) in [6.45, 7) is 1.60. The summed E-state index contributed by atoms with van der Waals surface area (Å²) in [5.41, 5.74) is 1.44. The molecule has 3 aromatic carbocycles. The highest BCUT2D eigenvalue weighted by molar-refractivity contribution is 7.92. The first-order valence-electron chi connectivity index (χ1n) is 13.2. The van der Waals surface area contributed by atoms with Crippen LogP contribution in [-0.4, -0.2) is 64.7 Å². The molecule has 3 aromatic rings. The lowest BCUT2D eigenvalue weighted by molar-refractivity contribution is -0.140. The average molecular weight is 637 g/mol. The van der Waals surface area contributed by atoms with Crippen molar-refractivity contribution in [1.29, 1.82) is 0 Å². The Morgan fingerprint density at radius 1 is 0.929 bits per heavy atom. The zero-order valence-corrected chi connectivity index (χ0v) is 26.3. The van der Waals surface area contributed by atoms with Gasteiger partial charge in [-0.25, -0.2) is 8.42 Å². The topological polar surface area (TPSA) is 105 Å². The van der Waals surface area contributed by atoms with Gasteiger partial charge in [0.05, 0.1) is 26.2 Å². The summed E-state index contributed by atoms with van der Waals surface area (Å²) in [5, 5.41) is 3.51. The van der Waals surface area contributed by atoms with Crippen LogP contribution in [0.15, 0.2) is 66.7 Å². The number of hydrogen-bond donors (Lipinski definition) is 1. The van der Waals surface area contributed by atoms with Crippen LogP contribution in [0.3, 0.4) is 0 Å². The number of benzene rings is 3. The Bertz CT molecular complexity index is 1470. The summed E-state index contributed by atoms with van der Waals surface area (Å²) in [6, 6.07) is 17.8. The number of amides is 2. The number of anilines is 1. The second kappa shape index (κ2) is 15.1. The molecule has 1 atom stereocenters. The van der Waals surface area contributed by atoms with Crippen LogP contribution in [0.25, 0.3) is 0 Å². The van der Waals surface area contributed by atoms with E-state index in [1.807, 2.05) is 37.3 Å². The van der Waals surface area contributed by atoms with E-state index in [0.29, 0.717) is 34.3 Å². The minimum absolute atomic E-state index is 0.127. The Hall–Kier alpha value is -3.47. The first-order chi connectivity index (χ1) is 20.0. The van der Waals surface area contributed by atoms with Crippen molar-refractivity contribution in [2.24, 2.45) is 0 Å². The SMILES string of the molecule is CCCNC(=O)[C@@H](Cc1ccccc1)N(Cc1c(Cl)cccc1Cl)C(=O)CN(c1ccc(OC)c(OC)c1)S(C)(=O)=O. The van der Waals surface area contributed by atoms with E-state index in [4.69, 9.17) is 32.7 Å². The van der Waals surface area contributed by atoms with Crippen LogP contribution < -0.4 is 19.1 Å². The third-order valence-electron chi connectivity index (χ3n) is 6.54. The fourth-order valence-corrected chi connectivity index (χ4v) is 5.73. The van der Waals surface area contributed by atoms with Gasteiger partial charge in [-0.3, -0.25) is 13.9 Å². The molecule has 0 spiro atoms. The molecule has 0 bridgehead atoms. The van der Waals surface area contributed by atoms with Gasteiger partial charge in [0.1, 0.15) is 12.6 Å². The van der Waals surface area contributed by atoms with Gasteiger partial charge in [0.25, 0.3) is 0 Å². The lowest BCUT2D eigenvalue weighted by Crippen LogP contribution is -2.53. The van der Waals surface area contributed by atoms with Crippen molar-refractivity contribution in [3.8, 4) is 11.5 Å². The smallest absolute Gasteiger partial charge is 0.244 e. The number of methoxy groups -OCH3 is 2. The van der Waals surface area contributed by atoms with Crippen LogP contribution in [0.5, 0.6) is 11.5 Å². The molecule has 0 radical (unpaired) electrons. The van der Waals surface area contributed by atoms with Gasteiger partial charge < -0.3 is 19.7 Å². The predicted octanol–water partition coefficient (Wildman–Crippen LogP) is 4.94. The molecule has 0 aliphatic heterocycles. The van der Waals surface area contributed by atoms with Crippen molar-refractivity contribution in [2.45, 2.75) is 32.4 Å². The van der Waals surface area contributed by atoms with Crippen molar-refractivity contribution in [3.05, 3.63) is 87.9 Å². The van der Waals surface area contributed by atoms with Gasteiger partial charge in [-0.1, -0.05) is 66.5 Å². The second-order valence-electron chi connectivity index (χ2n) is 9.53. The van der Waals surface area contributed by atoms with Crippen molar-refractivity contribution >= 4 is 50.7 Å². The molecule has 0 aliphatic rings. The Kier molecular flexibility index (Phi) is 11.9. The predicted molar refractivity (Wildman–Crippen MR) is 166 cm³/mol. The monoisotopic (exact) mass is 635 g/mol. The number of nitrogens with zero attached hydrogens (tertiary/aromatic N) is 2. The highest BCUT2D eigenvalue weighted by Crippen LogP contribution is 2.33. The molecule has 12 heteroatoms. The minimum Gasteiger partial charge on any atom is -0.493 e. The third kappa shape index (κ3) is 8.53. The number of halogens is 2. The number of sulfonamides is 1. The molecule has 9 nitrogen and oxygen atoms in total. The molecule has 0 unspecified atom stereocenters. The summed E-state index contributed by atoms with van der Waals surface area (Å²) >= 11 is 13.0. The van der Waals surface area contributed by atoms with Gasteiger partial charge in [-0.05, 0) is 36.2 Å². The summed E-state index contributed by atoms with van der Waals surface area (Å²) in [5.74, 6) is -0.323. The molecule has 0 aromatic heterocycles. The van der Waals surface area contributed by atoms with E-state index in [9.17, 15) is 18.0 Å². The standard InChI is InChI=1S/C30H35Cl2N3O6S/c1-5-16-33-30(37)26(17-21-10-7-6-8-11-21)34(19-23-24(31)12-9-13-25(23)32)29(36)20-35(42(4,38)39)22-14-15-27(40-2)28(18-22)41-3/h6-15,18,26H,5,16-17,19-20H2,1-4H3,(H,33,37)/t26-/m1/s1. The summed E-state index contributed by atoms with van der Waals surface area (Å²) < 4.78 is 37.6. The highest BCUT2D eigenvalue weighted by Gasteiger charge is 2.34. The molecule has 0 fully saturated rings. The molecule has 2 amide bonds. The number of carbonyl (C=O) groups is 2. The molecular formula is C30H35Cl2N3O6S. The first-order valence-corrected chi connectivity index (χ1v) is 15.8. The maximum atomic E-state index is 14.2. The van der Waals surface area contributed by atoms with Crippen molar-refractivity contribution < 1.29 is 27.5 Å². The average Bonchev–Trinajstić information content (AvgIpc) is 2.97. The number of carbonyl (C=O) groups excluding carboxylic acids is 2. The fraction of sp³-hybridized carbons (Fsp3) is 0.333. The Balaban J connectivity index is 2.11. The Labute approximate surface area is 257 Å². The molecule has 0 saturated carbocycles. The largest absolute Gasteiger partial charge is 0.493 e. The maximum Gasteiger partial charge on any atom is 0.244 e. The van der Waals surface area contributed by atoms with Crippen LogP contribution >= 0.6 is 23.2 Å². The van der Waals surface area contributed by atoms with E-state index < -0.39 is 28.5 Å². The van der Waals surface area contributed by atoms with Gasteiger partial charge in [0.15, 0.2) is 11.5 Å². The molecule has 3 rings (SSSR count). The van der Waals surface area contributed by atoms with Crippen LogP contribution in [0.1, 0.15) is 24.5 Å². The quantitative estimate of drug-likeness (QED) is 0.269. The van der Waals surface area contributed by atoms with Crippen LogP contribution in [-0.2, 0) is 32.6 Å². The highest BCUT2D eigenvalue weighted by atomic mass is 35.5. The van der Waals surface area contributed by atoms with E-state index in [-0.39, 0.29) is 30.3 Å². The minimum atomic E-state index is -3.96. The zero-order chi connectivity index (χ0) is 30.9. The van der Waals surface area contributed by atoms with E-state index >= 15 is 0 Å². The summed E-state index contributed by atoms with van der Waals surface area (Å²) in [4.78, 5) is 29.1. The second-order valence-corrected chi connectivity index (χ2v) is 12.2. The van der Waals surface area contributed by atoms with E-state index in [2.05, 4.69) is 5.32 Å². The van der Waals surface area contributed by atoms with Crippen molar-refractivity contribution in [2.75, 3.05) is 37.9 Å². The number of rotatable bonds is 14. The van der Waals surface area contributed by atoms with Crippen LogP contribution in [0.2, 0.25) is 10.0 Å². The van der Waals surface area contributed by atoms with Crippen LogP contribution in [0, 0.1) is 0 Å². The van der Waals surface area contributed by atoms with E-state index in [1.54, 1.807) is 24.3 Å². The van der Waals surface area contributed by atoms with Gasteiger partial charge in [-0.2, -0.15) is 0 Å². The molecular weight excluding hydrogens is 601 g/mol. The molecule has 1 N–H and O–H groups in total. The Morgan fingerprint density at radius 2 is 1.57 bits per heavy atom. The van der Waals surface area contributed by atoms with Gasteiger partial charge >= 0.3 is 0 Å². The normalized spacial score (nSPS) is 11.9. The van der Waals surface area contributed by atoms with Gasteiger partial charge in [-0.15, -0.1) is 0 Å².